The second kappa shape index (κ2) is 14.5. The van der Waals surface area contributed by atoms with E-state index in [9.17, 15) is 13.6 Å². The third kappa shape index (κ3) is 9.97. The Morgan fingerprint density at radius 2 is 2.13 bits per heavy atom. The Balaban J connectivity index is 0.00000450. The number of halogens is 3. The number of carbonyl (C=O) groups is 1. The first-order valence-corrected chi connectivity index (χ1v) is 10.3. The molecule has 1 unspecified atom stereocenters. The highest BCUT2D eigenvalue weighted by Gasteiger charge is 2.16. The molecule has 10 heteroatoms. The van der Waals surface area contributed by atoms with E-state index >= 15 is 0 Å². The van der Waals surface area contributed by atoms with Crippen molar-refractivity contribution in [1.29, 1.82) is 0 Å². The van der Waals surface area contributed by atoms with Crippen LogP contribution in [0.5, 0.6) is 0 Å². The molecule has 0 saturated carbocycles. The van der Waals surface area contributed by atoms with Crippen LogP contribution in [-0.2, 0) is 22.4 Å². The summed E-state index contributed by atoms with van der Waals surface area (Å²) in [6.07, 6.45) is 2.14. The second-order valence-electron chi connectivity index (χ2n) is 7.30. The lowest BCUT2D eigenvalue weighted by atomic mass is 10.1. The van der Waals surface area contributed by atoms with E-state index in [1.54, 1.807) is 0 Å². The number of carboxylic acid groups (broad SMARTS) is 1. The van der Waals surface area contributed by atoms with E-state index in [1.807, 2.05) is 4.90 Å². The first kappa shape index (κ1) is 26.5. The third-order valence-electron chi connectivity index (χ3n) is 4.97. The van der Waals surface area contributed by atoms with Gasteiger partial charge in [0.25, 0.3) is 6.43 Å². The van der Waals surface area contributed by atoms with Crippen LogP contribution in [-0.4, -0.2) is 66.4 Å². The Hall–Kier alpha value is -1.55. The fourth-order valence-electron chi connectivity index (χ4n) is 3.38. The summed E-state index contributed by atoms with van der Waals surface area (Å²) in [4.78, 5) is 17.4. The predicted molar refractivity (Wildman–Crippen MR) is 114 cm³/mol. The number of pyridine rings is 1. The topological polar surface area (TPSA) is 101 Å². The molecule has 2 heterocycles. The number of rotatable bonds is 14. The molecule has 7 nitrogen and oxygen atoms in total. The summed E-state index contributed by atoms with van der Waals surface area (Å²) in [5.74, 6) is 0.0868. The highest BCUT2D eigenvalue weighted by molar-refractivity contribution is 5.85. The Morgan fingerprint density at radius 1 is 1.33 bits per heavy atom. The molecular formula is C20H33ClF2N4O3. The van der Waals surface area contributed by atoms with E-state index in [1.165, 1.54) is 5.56 Å². The van der Waals surface area contributed by atoms with Crippen LogP contribution in [0.2, 0.25) is 0 Å². The monoisotopic (exact) mass is 450 g/mol. The van der Waals surface area contributed by atoms with E-state index < -0.39 is 25.2 Å². The number of hydrogen-bond acceptors (Lipinski definition) is 6. The number of nitrogens with one attached hydrogen (secondary N) is 1. The number of ether oxygens (including phenoxy) is 1. The van der Waals surface area contributed by atoms with Crippen LogP contribution in [0.25, 0.3) is 0 Å². The lowest BCUT2D eigenvalue weighted by molar-refractivity contribution is -0.137. The van der Waals surface area contributed by atoms with Gasteiger partial charge in [0.2, 0.25) is 0 Å². The maximum atomic E-state index is 12.2. The number of aliphatic carboxylic acids is 1. The molecule has 0 aliphatic carbocycles. The minimum absolute atomic E-state index is 0. The molecule has 2 rings (SSSR count). The lowest BCUT2D eigenvalue weighted by Crippen LogP contribution is -2.44. The van der Waals surface area contributed by atoms with Gasteiger partial charge in [0.05, 0.1) is 12.8 Å². The predicted octanol–water partition coefficient (Wildman–Crippen LogP) is 2.92. The van der Waals surface area contributed by atoms with Gasteiger partial charge in [0.1, 0.15) is 12.4 Å². The summed E-state index contributed by atoms with van der Waals surface area (Å²) >= 11 is 0. The van der Waals surface area contributed by atoms with Crippen LogP contribution >= 0.6 is 12.4 Å². The van der Waals surface area contributed by atoms with Crippen LogP contribution in [0.1, 0.15) is 43.4 Å². The molecule has 1 atom stereocenters. The van der Waals surface area contributed by atoms with Crippen LogP contribution < -0.4 is 11.1 Å². The summed E-state index contributed by atoms with van der Waals surface area (Å²) in [5, 5.41) is 12.2. The van der Waals surface area contributed by atoms with Gasteiger partial charge in [-0.25, -0.2) is 13.8 Å². The molecule has 0 fully saturated rings. The maximum absolute atomic E-state index is 12.2. The van der Waals surface area contributed by atoms with Crippen LogP contribution in [0.3, 0.4) is 0 Å². The van der Waals surface area contributed by atoms with Crippen molar-refractivity contribution < 1.29 is 23.4 Å². The van der Waals surface area contributed by atoms with Crippen LogP contribution in [0.15, 0.2) is 12.1 Å². The standard InChI is InChI=1S/C20H32F2N4O3.ClH/c21-17(22)14-29-13-12-26(18(23)8-9-19(27)28)11-2-1-5-16-7-6-15-4-3-10-24-20(15)25-16;/h6-7,17-18H,1-5,8-14,23H2,(H,24,25)(H,27,28);1H. The van der Waals surface area contributed by atoms with E-state index in [2.05, 4.69) is 22.4 Å². The average Bonchev–Trinajstić information content (AvgIpc) is 2.70. The molecule has 0 spiro atoms. The number of aromatic nitrogens is 1. The third-order valence-corrected chi connectivity index (χ3v) is 4.97. The van der Waals surface area contributed by atoms with Crippen molar-refractivity contribution in [3.63, 3.8) is 0 Å². The Morgan fingerprint density at radius 3 is 2.87 bits per heavy atom. The number of nitrogens with zero attached hydrogens (tertiary/aromatic N) is 2. The van der Waals surface area contributed by atoms with Crippen molar-refractivity contribution in [2.45, 2.75) is 57.5 Å². The van der Waals surface area contributed by atoms with Gasteiger partial charge in [-0.2, -0.15) is 0 Å². The molecule has 1 aliphatic rings. The van der Waals surface area contributed by atoms with Gasteiger partial charge in [0, 0.05) is 25.2 Å². The molecule has 0 amide bonds. The zero-order valence-electron chi connectivity index (χ0n) is 17.2. The Bertz CT molecular complexity index is 640. The lowest BCUT2D eigenvalue weighted by Gasteiger charge is -2.28. The molecule has 0 saturated heterocycles. The number of carboxylic acids is 1. The average molecular weight is 451 g/mol. The van der Waals surface area contributed by atoms with Crippen molar-refractivity contribution in [2.75, 3.05) is 38.2 Å². The van der Waals surface area contributed by atoms with Crippen LogP contribution in [0.4, 0.5) is 14.6 Å². The smallest absolute Gasteiger partial charge is 0.303 e. The Kier molecular flexibility index (Phi) is 12.8. The molecule has 0 bridgehead atoms. The number of alkyl halides is 2. The molecule has 172 valence electrons. The van der Waals surface area contributed by atoms with Crippen molar-refractivity contribution in [3.05, 3.63) is 23.4 Å². The zero-order valence-corrected chi connectivity index (χ0v) is 18.0. The SMILES string of the molecule is Cl.NC(CCC(=O)O)N(CCCCc1ccc2c(n1)NCCC2)CCOCC(F)F. The highest BCUT2D eigenvalue weighted by Crippen LogP contribution is 2.20. The largest absolute Gasteiger partial charge is 0.481 e. The van der Waals surface area contributed by atoms with Gasteiger partial charge in [-0.1, -0.05) is 6.07 Å². The van der Waals surface area contributed by atoms with Gasteiger partial charge in [0.15, 0.2) is 0 Å². The summed E-state index contributed by atoms with van der Waals surface area (Å²) in [5.41, 5.74) is 8.42. The quantitative estimate of drug-likeness (QED) is 0.296. The van der Waals surface area contributed by atoms with E-state index in [0.29, 0.717) is 19.5 Å². The maximum Gasteiger partial charge on any atom is 0.303 e. The second-order valence-corrected chi connectivity index (χ2v) is 7.30. The summed E-state index contributed by atoms with van der Waals surface area (Å²) < 4.78 is 29.4. The molecule has 4 N–H and O–H groups in total. The zero-order chi connectivity index (χ0) is 21.1. The summed E-state index contributed by atoms with van der Waals surface area (Å²) in [6.45, 7) is 1.55. The normalized spacial score (nSPS) is 14.2. The molecule has 30 heavy (non-hydrogen) atoms. The number of anilines is 1. The van der Waals surface area contributed by atoms with Crippen molar-refractivity contribution in [2.24, 2.45) is 5.73 Å². The van der Waals surface area contributed by atoms with E-state index in [0.717, 1.165) is 50.2 Å². The molecule has 1 aliphatic heterocycles. The molecule has 0 aromatic carbocycles. The number of hydrogen-bond donors (Lipinski definition) is 3. The minimum Gasteiger partial charge on any atom is -0.481 e. The number of unbranched alkanes of at least 4 members (excludes halogenated alkanes) is 1. The first-order valence-electron chi connectivity index (χ1n) is 10.3. The number of nitrogens with two attached hydrogens (primary N) is 1. The number of fused-ring (bicyclic) bond motifs is 1. The van der Waals surface area contributed by atoms with Crippen LogP contribution in [0, 0.1) is 0 Å². The molecule has 1 aromatic heterocycles. The van der Waals surface area contributed by atoms with Crippen molar-refractivity contribution >= 4 is 24.2 Å². The van der Waals surface area contributed by atoms with Crippen molar-refractivity contribution in [3.8, 4) is 0 Å². The fraction of sp³-hybridized carbons (Fsp3) is 0.700. The molecule has 0 radical (unpaired) electrons. The number of aryl methyl sites for hydroxylation is 2. The fourth-order valence-corrected chi connectivity index (χ4v) is 3.38. The molecule has 1 aromatic rings. The van der Waals surface area contributed by atoms with Gasteiger partial charge in [-0.3, -0.25) is 9.69 Å². The van der Waals surface area contributed by atoms with E-state index in [-0.39, 0.29) is 25.4 Å². The first-order chi connectivity index (χ1) is 14.0. The molecular weight excluding hydrogens is 418 g/mol. The van der Waals surface area contributed by atoms with Gasteiger partial charge in [-0.15, -0.1) is 12.4 Å². The van der Waals surface area contributed by atoms with E-state index in [4.69, 9.17) is 15.6 Å². The van der Waals surface area contributed by atoms with Gasteiger partial charge < -0.3 is 20.9 Å². The van der Waals surface area contributed by atoms with Crippen molar-refractivity contribution in [1.82, 2.24) is 9.88 Å². The minimum atomic E-state index is -2.50. The summed E-state index contributed by atoms with van der Waals surface area (Å²) in [6, 6.07) is 4.21. The van der Waals surface area contributed by atoms with Gasteiger partial charge >= 0.3 is 5.97 Å². The van der Waals surface area contributed by atoms with Gasteiger partial charge in [-0.05, 0) is 56.7 Å². The summed E-state index contributed by atoms with van der Waals surface area (Å²) in [7, 11) is 0. The Labute approximate surface area is 182 Å². The highest BCUT2D eigenvalue weighted by atomic mass is 35.5.